The van der Waals surface area contributed by atoms with E-state index in [9.17, 15) is 22.0 Å². The second kappa shape index (κ2) is 7.76. The number of methoxy groups -OCH3 is 1. The van der Waals surface area contributed by atoms with Crippen LogP contribution in [0.25, 0.3) is 0 Å². The van der Waals surface area contributed by atoms with Crippen molar-refractivity contribution < 1.29 is 26.7 Å². The van der Waals surface area contributed by atoms with Gasteiger partial charge in [0.2, 0.25) is 15.8 Å². The molecular formula is C20H18F2N2O4S. The number of ether oxygens (including phenoxy) is 1. The first-order valence-electron chi connectivity index (χ1n) is 8.46. The fourth-order valence-electron chi connectivity index (χ4n) is 3.01. The number of hydrogen-bond acceptors (Lipinski definition) is 4. The van der Waals surface area contributed by atoms with Crippen LogP contribution in [0.15, 0.2) is 53.4 Å². The second-order valence-corrected chi connectivity index (χ2v) is 7.98. The number of carbonyl (C=O) groups excluding carboxylic acids is 1. The third-order valence-electron chi connectivity index (χ3n) is 4.57. The van der Waals surface area contributed by atoms with Crippen LogP contribution in [0.2, 0.25) is 0 Å². The Morgan fingerprint density at radius 3 is 2.34 bits per heavy atom. The molecule has 1 aromatic heterocycles. The molecule has 0 saturated carbocycles. The lowest BCUT2D eigenvalue weighted by Crippen LogP contribution is -2.12. The molecule has 2 aromatic carbocycles. The Labute approximate surface area is 166 Å². The molecule has 0 atom stereocenters. The maximum absolute atomic E-state index is 14.6. The van der Waals surface area contributed by atoms with Crippen LogP contribution in [0.4, 0.5) is 8.78 Å². The summed E-state index contributed by atoms with van der Waals surface area (Å²) in [4.78, 5) is 12.8. The summed E-state index contributed by atoms with van der Waals surface area (Å²) in [5.41, 5.74) is 1.05. The van der Waals surface area contributed by atoms with Crippen LogP contribution >= 0.6 is 0 Å². The predicted octanol–water partition coefficient (Wildman–Crippen LogP) is 2.78. The second-order valence-electron chi connectivity index (χ2n) is 6.42. The highest BCUT2D eigenvalue weighted by Gasteiger charge is 2.22. The maximum Gasteiger partial charge on any atom is 0.238 e. The van der Waals surface area contributed by atoms with Gasteiger partial charge in [0.15, 0.2) is 0 Å². The Hall–Kier alpha value is -3.04. The number of sulfonamides is 1. The first-order chi connectivity index (χ1) is 13.6. The van der Waals surface area contributed by atoms with Crippen molar-refractivity contribution >= 4 is 15.8 Å². The summed E-state index contributed by atoms with van der Waals surface area (Å²) >= 11 is 0. The highest BCUT2D eigenvalue weighted by molar-refractivity contribution is 7.89. The number of halogens is 2. The van der Waals surface area contributed by atoms with Crippen LogP contribution in [0.3, 0.4) is 0 Å². The van der Waals surface area contributed by atoms with Crippen LogP contribution in [-0.2, 0) is 23.5 Å². The molecule has 0 unspecified atom stereocenters. The number of carbonyl (C=O) groups is 1. The summed E-state index contributed by atoms with van der Waals surface area (Å²) < 4.78 is 57.1. The molecule has 9 heteroatoms. The van der Waals surface area contributed by atoms with Gasteiger partial charge in [-0.2, -0.15) is 0 Å². The number of rotatable bonds is 6. The van der Waals surface area contributed by atoms with E-state index in [0.29, 0.717) is 5.56 Å². The standard InChI is InChI=1S/C20H18F2N2O4S/c1-24-17(9-12-3-6-14(7-4-12)29(23,26)27)16(22)11-18(24)20(25)15-8-5-13(21)10-19(15)28-2/h3-8,10-11H,9H2,1-2H3,(H2,23,26,27). The molecule has 0 fully saturated rings. The molecule has 29 heavy (non-hydrogen) atoms. The van der Waals surface area contributed by atoms with E-state index >= 15 is 0 Å². The molecule has 3 rings (SSSR count). The minimum Gasteiger partial charge on any atom is -0.496 e. The third-order valence-corrected chi connectivity index (χ3v) is 5.50. The number of nitrogens with two attached hydrogens (primary N) is 1. The average molecular weight is 420 g/mol. The monoisotopic (exact) mass is 420 g/mol. The Kier molecular flexibility index (Phi) is 5.54. The number of benzene rings is 2. The van der Waals surface area contributed by atoms with Crippen LogP contribution in [-0.4, -0.2) is 25.9 Å². The minimum atomic E-state index is -3.82. The molecule has 0 spiro atoms. The number of primary sulfonamides is 1. The van der Waals surface area contributed by atoms with Crippen molar-refractivity contribution in [2.75, 3.05) is 7.11 Å². The number of nitrogens with zero attached hydrogens (tertiary/aromatic N) is 1. The van der Waals surface area contributed by atoms with E-state index in [1.807, 2.05) is 0 Å². The largest absolute Gasteiger partial charge is 0.496 e. The van der Waals surface area contributed by atoms with E-state index in [-0.39, 0.29) is 34.0 Å². The van der Waals surface area contributed by atoms with Gasteiger partial charge in [-0.25, -0.2) is 22.3 Å². The zero-order chi connectivity index (χ0) is 21.3. The first-order valence-corrected chi connectivity index (χ1v) is 10.0. The van der Waals surface area contributed by atoms with Gasteiger partial charge < -0.3 is 9.30 Å². The van der Waals surface area contributed by atoms with Gasteiger partial charge in [-0.15, -0.1) is 0 Å². The Morgan fingerprint density at radius 2 is 1.76 bits per heavy atom. The molecule has 6 nitrogen and oxygen atoms in total. The van der Waals surface area contributed by atoms with Crippen molar-refractivity contribution in [3.05, 3.63) is 82.7 Å². The molecule has 0 bridgehead atoms. The minimum absolute atomic E-state index is 0.0483. The molecule has 0 aliphatic heterocycles. The van der Waals surface area contributed by atoms with Gasteiger partial charge in [0.25, 0.3) is 0 Å². The van der Waals surface area contributed by atoms with Gasteiger partial charge in [-0.05, 0) is 29.8 Å². The summed E-state index contributed by atoms with van der Waals surface area (Å²) in [6.45, 7) is 0. The average Bonchev–Trinajstić information content (AvgIpc) is 2.95. The van der Waals surface area contributed by atoms with Crippen molar-refractivity contribution in [3.63, 3.8) is 0 Å². The van der Waals surface area contributed by atoms with E-state index in [1.165, 1.54) is 42.0 Å². The SMILES string of the molecule is COc1cc(F)ccc1C(=O)c1cc(F)c(Cc2ccc(S(N)(=O)=O)cc2)n1C. The summed E-state index contributed by atoms with van der Waals surface area (Å²) in [5.74, 6) is -1.61. The van der Waals surface area contributed by atoms with Crippen molar-refractivity contribution in [2.24, 2.45) is 12.2 Å². The molecule has 2 N–H and O–H groups in total. The van der Waals surface area contributed by atoms with E-state index in [1.54, 1.807) is 7.05 Å². The fourth-order valence-corrected chi connectivity index (χ4v) is 3.52. The molecule has 0 aliphatic rings. The quantitative estimate of drug-likeness (QED) is 0.621. The zero-order valence-corrected chi connectivity index (χ0v) is 16.5. The highest BCUT2D eigenvalue weighted by atomic mass is 32.2. The molecule has 1 heterocycles. The van der Waals surface area contributed by atoms with Crippen molar-refractivity contribution in [2.45, 2.75) is 11.3 Å². The summed E-state index contributed by atoms with van der Waals surface area (Å²) in [6, 6.07) is 10.3. The molecule has 152 valence electrons. The van der Waals surface area contributed by atoms with E-state index in [0.717, 1.165) is 18.2 Å². The molecular weight excluding hydrogens is 402 g/mol. The Balaban J connectivity index is 1.94. The van der Waals surface area contributed by atoms with Crippen LogP contribution in [0.5, 0.6) is 5.75 Å². The van der Waals surface area contributed by atoms with Crippen molar-refractivity contribution in [1.29, 1.82) is 0 Å². The maximum atomic E-state index is 14.6. The lowest BCUT2D eigenvalue weighted by molar-refractivity contribution is 0.102. The smallest absolute Gasteiger partial charge is 0.238 e. The number of hydrogen-bond donors (Lipinski definition) is 1. The van der Waals surface area contributed by atoms with E-state index in [2.05, 4.69) is 0 Å². The van der Waals surface area contributed by atoms with Gasteiger partial charge in [-0.1, -0.05) is 12.1 Å². The third kappa shape index (κ3) is 4.20. The summed E-state index contributed by atoms with van der Waals surface area (Å²) in [6.07, 6.45) is 0.126. The van der Waals surface area contributed by atoms with Gasteiger partial charge in [-0.3, -0.25) is 4.79 Å². The van der Waals surface area contributed by atoms with Crippen LogP contribution in [0.1, 0.15) is 27.3 Å². The highest BCUT2D eigenvalue weighted by Crippen LogP contribution is 2.25. The van der Waals surface area contributed by atoms with Crippen LogP contribution in [0, 0.1) is 11.6 Å². The number of ketones is 1. The Morgan fingerprint density at radius 1 is 1.10 bits per heavy atom. The van der Waals surface area contributed by atoms with Gasteiger partial charge in [0, 0.05) is 25.6 Å². The normalized spacial score (nSPS) is 11.5. The van der Waals surface area contributed by atoms with E-state index in [4.69, 9.17) is 9.88 Å². The lowest BCUT2D eigenvalue weighted by atomic mass is 10.1. The molecule has 0 radical (unpaired) electrons. The van der Waals surface area contributed by atoms with Gasteiger partial charge in [0.05, 0.1) is 29.0 Å². The summed E-state index contributed by atoms with van der Waals surface area (Å²) in [5, 5.41) is 5.07. The molecule has 0 saturated heterocycles. The molecule has 0 aliphatic carbocycles. The summed E-state index contributed by atoms with van der Waals surface area (Å²) in [7, 11) is -0.963. The molecule has 0 amide bonds. The van der Waals surface area contributed by atoms with Crippen molar-refractivity contribution in [1.82, 2.24) is 4.57 Å². The zero-order valence-electron chi connectivity index (χ0n) is 15.6. The van der Waals surface area contributed by atoms with Crippen LogP contribution < -0.4 is 9.88 Å². The fraction of sp³-hybridized carbons (Fsp3) is 0.150. The van der Waals surface area contributed by atoms with E-state index < -0.39 is 27.4 Å². The lowest BCUT2D eigenvalue weighted by Gasteiger charge is -2.10. The van der Waals surface area contributed by atoms with Gasteiger partial charge in [0.1, 0.15) is 17.4 Å². The number of aromatic nitrogens is 1. The van der Waals surface area contributed by atoms with Gasteiger partial charge >= 0.3 is 0 Å². The first kappa shape index (κ1) is 20.7. The molecule has 3 aromatic rings. The van der Waals surface area contributed by atoms with Crippen molar-refractivity contribution in [3.8, 4) is 5.75 Å². The predicted molar refractivity (Wildman–Crippen MR) is 102 cm³/mol. The Bertz CT molecular complexity index is 1190. The topological polar surface area (TPSA) is 91.4 Å².